The Morgan fingerprint density at radius 3 is 3.00 bits per heavy atom. The van der Waals surface area contributed by atoms with Gasteiger partial charge in [0.25, 0.3) is 0 Å². The number of ether oxygens (including phenoxy) is 1. The maximum Gasteiger partial charge on any atom is 0.312 e. The van der Waals surface area contributed by atoms with Gasteiger partial charge in [0, 0.05) is 11.3 Å². The third-order valence-electron chi connectivity index (χ3n) is 3.87. The van der Waals surface area contributed by atoms with Gasteiger partial charge in [-0.15, -0.1) is 11.3 Å². The normalized spacial score (nSPS) is 23.6. The van der Waals surface area contributed by atoms with Crippen LogP contribution in [0.4, 0.5) is 0 Å². The van der Waals surface area contributed by atoms with Crippen LogP contribution in [0.25, 0.3) is 10.1 Å². The van der Waals surface area contributed by atoms with E-state index in [4.69, 9.17) is 4.74 Å². The highest BCUT2D eigenvalue weighted by Crippen LogP contribution is 2.36. The maximum absolute atomic E-state index is 11.7. The minimum absolute atomic E-state index is 0.326. The van der Waals surface area contributed by atoms with Crippen molar-refractivity contribution in [2.24, 2.45) is 5.41 Å². The Labute approximate surface area is 115 Å². The van der Waals surface area contributed by atoms with E-state index in [1.807, 2.05) is 12.1 Å². The van der Waals surface area contributed by atoms with Gasteiger partial charge in [-0.25, -0.2) is 0 Å². The third kappa shape index (κ3) is 2.26. The molecule has 1 atom stereocenters. The van der Waals surface area contributed by atoms with Crippen LogP contribution in [-0.2, 0) is 16.0 Å². The number of carboxylic acid groups (broad SMARTS) is 1. The standard InChI is InChI=1S/C15H16O3S/c16-14(17)15(6-3-7-18-10-15)8-11-9-19-13-5-2-1-4-12(11)13/h1-2,4-5,9H,3,6-8,10H2,(H,16,17). The molecule has 3 rings (SSSR count). The predicted molar refractivity (Wildman–Crippen MR) is 75.7 cm³/mol. The fourth-order valence-corrected chi connectivity index (χ4v) is 3.73. The molecular formula is C15H16O3S. The van der Waals surface area contributed by atoms with E-state index in [9.17, 15) is 9.90 Å². The first-order valence-corrected chi connectivity index (χ1v) is 7.35. The molecule has 1 aromatic heterocycles. The van der Waals surface area contributed by atoms with Gasteiger partial charge in [0.2, 0.25) is 0 Å². The Morgan fingerprint density at radius 2 is 2.26 bits per heavy atom. The summed E-state index contributed by atoms with van der Waals surface area (Å²) in [7, 11) is 0. The van der Waals surface area contributed by atoms with Crippen molar-refractivity contribution in [3.63, 3.8) is 0 Å². The van der Waals surface area contributed by atoms with Crippen LogP contribution >= 0.6 is 11.3 Å². The molecule has 0 aliphatic carbocycles. The summed E-state index contributed by atoms with van der Waals surface area (Å²) < 4.78 is 6.65. The number of hydrogen-bond donors (Lipinski definition) is 1. The van der Waals surface area contributed by atoms with Gasteiger partial charge in [-0.2, -0.15) is 0 Å². The second-order valence-corrected chi connectivity index (χ2v) is 6.09. The fourth-order valence-electron chi connectivity index (χ4n) is 2.77. The van der Waals surface area contributed by atoms with Gasteiger partial charge in [0.15, 0.2) is 0 Å². The summed E-state index contributed by atoms with van der Waals surface area (Å²) >= 11 is 1.68. The highest BCUT2D eigenvalue weighted by atomic mass is 32.1. The quantitative estimate of drug-likeness (QED) is 0.935. The van der Waals surface area contributed by atoms with Crippen LogP contribution in [0.15, 0.2) is 29.6 Å². The van der Waals surface area contributed by atoms with Gasteiger partial charge >= 0.3 is 5.97 Å². The highest BCUT2D eigenvalue weighted by molar-refractivity contribution is 7.17. The molecule has 1 aliphatic heterocycles. The molecule has 0 bridgehead atoms. The molecule has 0 saturated carbocycles. The monoisotopic (exact) mass is 276 g/mol. The van der Waals surface area contributed by atoms with Crippen LogP contribution in [0.2, 0.25) is 0 Å². The van der Waals surface area contributed by atoms with Crippen molar-refractivity contribution in [3.05, 3.63) is 35.2 Å². The summed E-state index contributed by atoms with van der Waals surface area (Å²) in [5, 5.41) is 12.8. The fraction of sp³-hybridized carbons (Fsp3) is 0.400. The molecule has 1 aliphatic rings. The Balaban J connectivity index is 1.96. The Kier molecular flexibility index (Phi) is 3.29. The van der Waals surface area contributed by atoms with Crippen LogP contribution < -0.4 is 0 Å². The largest absolute Gasteiger partial charge is 0.481 e. The molecular weight excluding hydrogens is 260 g/mol. The van der Waals surface area contributed by atoms with E-state index in [-0.39, 0.29) is 0 Å². The van der Waals surface area contributed by atoms with Crippen LogP contribution in [0, 0.1) is 5.41 Å². The molecule has 1 saturated heterocycles. The SMILES string of the molecule is O=C(O)C1(Cc2csc3ccccc23)CCCOC1. The molecule has 2 aromatic rings. The zero-order valence-electron chi connectivity index (χ0n) is 10.6. The van der Waals surface area contributed by atoms with Gasteiger partial charge in [-0.05, 0) is 41.7 Å². The van der Waals surface area contributed by atoms with Crippen molar-refractivity contribution >= 4 is 27.4 Å². The van der Waals surface area contributed by atoms with E-state index < -0.39 is 11.4 Å². The van der Waals surface area contributed by atoms with E-state index in [0.717, 1.165) is 12.0 Å². The van der Waals surface area contributed by atoms with E-state index in [0.29, 0.717) is 26.1 Å². The summed E-state index contributed by atoms with van der Waals surface area (Å²) in [6, 6.07) is 8.16. The van der Waals surface area contributed by atoms with Crippen LogP contribution in [0.1, 0.15) is 18.4 Å². The van der Waals surface area contributed by atoms with Crippen LogP contribution in [0.3, 0.4) is 0 Å². The number of hydrogen-bond acceptors (Lipinski definition) is 3. The average Bonchev–Trinajstić information content (AvgIpc) is 2.83. The lowest BCUT2D eigenvalue weighted by Crippen LogP contribution is -2.41. The summed E-state index contributed by atoms with van der Waals surface area (Å²) in [6.45, 7) is 1.01. The van der Waals surface area contributed by atoms with Gasteiger partial charge in [-0.1, -0.05) is 18.2 Å². The number of rotatable bonds is 3. The van der Waals surface area contributed by atoms with Crippen LogP contribution in [0.5, 0.6) is 0 Å². The van der Waals surface area contributed by atoms with Crippen LogP contribution in [-0.4, -0.2) is 24.3 Å². The molecule has 0 amide bonds. The molecule has 2 heterocycles. The minimum Gasteiger partial charge on any atom is -0.481 e. The second-order valence-electron chi connectivity index (χ2n) is 5.18. The second kappa shape index (κ2) is 4.94. The summed E-state index contributed by atoms with van der Waals surface area (Å²) in [5.41, 5.74) is 0.385. The number of thiophene rings is 1. The van der Waals surface area contributed by atoms with Crippen molar-refractivity contribution in [3.8, 4) is 0 Å². The molecule has 0 spiro atoms. The number of fused-ring (bicyclic) bond motifs is 1. The van der Waals surface area contributed by atoms with E-state index in [1.54, 1.807) is 11.3 Å². The summed E-state index contributed by atoms with van der Waals surface area (Å²) in [5.74, 6) is -0.734. The Hall–Kier alpha value is -1.39. The molecule has 19 heavy (non-hydrogen) atoms. The molecule has 4 heteroatoms. The molecule has 1 N–H and O–H groups in total. The first kappa shape index (κ1) is 12.6. The maximum atomic E-state index is 11.7. The first-order valence-electron chi connectivity index (χ1n) is 6.48. The van der Waals surface area contributed by atoms with Crippen molar-refractivity contribution in [1.82, 2.24) is 0 Å². The Morgan fingerprint density at radius 1 is 1.42 bits per heavy atom. The minimum atomic E-state index is -0.748. The van der Waals surface area contributed by atoms with Crippen molar-refractivity contribution in [2.45, 2.75) is 19.3 Å². The smallest absolute Gasteiger partial charge is 0.312 e. The van der Waals surface area contributed by atoms with Gasteiger partial charge in [0.05, 0.1) is 12.0 Å². The highest BCUT2D eigenvalue weighted by Gasteiger charge is 2.41. The lowest BCUT2D eigenvalue weighted by atomic mass is 9.77. The molecule has 1 unspecified atom stereocenters. The molecule has 3 nitrogen and oxygen atoms in total. The van der Waals surface area contributed by atoms with E-state index in [1.165, 1.54) is 10.1 Å². The topological polar surface area (TPSA) is 46.5 Å². The average molecular weight is 276 g/mol. The summed E-state index contributed by atoms with van der Waals surface area (Å²) in [6.07, 6.45) is 2.09. The van der Waals surface area contributed by atoms with Gasteiger partial charge in [0.1, 0.15) is 0 Å². The first-order chi connectivity index (χ1) is 9.21. The van der Waals surface area contributed by atoms with Crippen molar-refractivity contribution < 1.29 is 14.6 Å². The zero-order valence-corrected chi connectivity index (χ0v) is 11.4. The van der Waals surface area contributed by atoms with Crippen molar-refractivity contribution in [2.75, 3.05) is 13.2 Å². The number of benzene rings is 1. The van der Waals surface area contributed by atoms with E-state index in [2.05, 4.69) is 17.5 Å². The lowest BCUT2D eigenvalue weighted by Gasteiger charge is -2.32. The predicted octanol–water partition coefficient (Wildman–Crippen LogP) is 3.33. The summed E-state index contributed by atoms with van der Waals surface area (Å²) in [4.78, 5) is 11.7. The molecule has 1 fully saturated rings. The third-order valence-corrected chi connectivity index (χ3v) is 4.88. The zero-order chi connectivity index (χ0) is 13.3. The molecule has 1 aromatic carbocycles. The number of aliphatic carboxylic acids is 1. The molecule has 100 valence electrons. The van der Waals surface area contributed by atoms with E-state index >= 15 is 0 Å². The van der Waals surface area contributed by atoms with Crippen molar-refractivity contribution in [1.29, 1.82) is 0 Å². The van der Waals surface area contributed by atoms with Gasteiger partial charge in [-0.3, -0.25) is 4.79 Å². The number of carbonyl (C=O) groups is 1. The Bertz CT molecular complexity index is 596. The molecule has 0 radical (unpaired) electrons. The lowest BCUT2D eigenvalue weighted by molar-refractivity contribution is -0.157. The number of carboxylic acids is 1. The van der Waals surface area contributed by atoms with Gasteiger partial charge < -0.3 is 9.84 Å².